The molecule has 1 aromatic carbocycles. The van der Waals surface area contributed by atoms with Crippen molar-refractivity contribution in [1.82, 2.24) is 4.98 Å². The zero-order valence-electron chi connectivity index (χ0n) is 9.19. The third kappa shape index (κ3) is 1.94. The van der Waals surface area contributed by atoms with Crippen LogP contribution in [0.25, 0.3) is 11.3 Å². The fraction of sp³-hybridized carbons (Fsp3) is 0.308. The molecule has 0 aliphatic heterocycles. The van der Waals surface area contributed by atoms with Crippen LogP contribution in [0, 0.1) is 0 Å². The summed E-state index contributed by atoms with van der Waals surface area (Å²) in [6, 6.07) is 8.09. The topological polar surface area (TPSA) is 33.1 Å². The summed E-state index contributed by atoms with van der Waals surface area (Å²) < 4.78 is 1.06. The van der Waals surface area contributed by atoms with Crippen molar-refractivity contribution in [2.45, 2.75) is 18.3 Å². The number of aromatic nitrogens is 1. The Morgan fingerprint density at radius 2 is 2.12 bits per heavy atom. The number of benzene rings is 1. The molecule has 1 heterocycles. The molecule has 0 spiro atoms. The van der Waals surface area contributed by atoms with Crippen molar-refractivity contribution < 1.29 is 5.11 Å². The van der Waals surface area contributed by atoms with E-state index in [1.807, 2.05) is 18.2 Å². The first kappa shape index (κ1) is 11.4. The Morgan fingerprint density at radius 1 is 1.35 bits per heavy atom. The van der Waals surface area contributed by atoms with E-state index in [-0.39, 0.29) is 12.0 Å². The molecule has 2 aromatic rings. The van der Waals surface area contributed by atoms with Gasteiger partial charge in [0.1, 0.15) is 5.01 Å². The highest BCUT2D eigenvalue weighted by Gasteiger charge is 2.46. The predicted octanol–water partition coefficient (Wildman–Crippen LogP) is 3.60. The SMILES string of the molecule is OCC1(c2nc(-c3ccccc3Br)cs2)CC1. The Kier molecular flexibility index (Phi) is 2.81. The first-order valence-electron chi connectivity index (χ1n) is 5.57. The minimum atomic E-state index is -0.0236. The van der Waals surface area contributed by atoms with E-state index in [4.69, 9.17) is 0 Å². The molecule has 88 valence electrons. The van der Waals surface area contributed by atoms with E-state index in [0.29, 0.717) is 0 Å². The van der Waals surface area contributed by atoms with Crippen molar-refractivity contribution in [2.75, 3.05) is 6.61 Å². The van der Waals surface area contributed by atoms with E-state index in [1.165, 1.54) is 0 Å². The molecule has 0 bridgehead atoms. The van der Waals surface area contributed by atoms with Gasteiger partial charge in [0.25, 0.3) is 0 Å². The van der Waals surface area contributed by atoms with Gasteiger partial charge >= 0.3 is 0 Å². The molecule has 1 aliphatic carbocycles. The molecule has 0 unspecified atom stereocenters. The highest BCUT2D eigenvalue weighted by atomic mass is 79.9. The van der Waals surface area contributed by atoms with Crippen molar-refractivity contribution in [3.63, 3.8) is 0 Å². The summed E-state index contributed by atoms with van der Waals surface area (Å²) in [6.07, 6.45) is 2.12. The van der Waals surface area contributed by atoms with Crippen LogP contribution in [0.2, 0.25) is 0 Å². The average Bonchev–Trinajstić information content (AvgIpc) is 3.00. The molecule has 0 atom stereocenters. The zero-order valence-corrected chi connectivity index (χ0v) is 11.6. The first-order valence-corrected chi connectivity index (χ1v) is 7.24. The van der Waals surface area contributed by atoms with Crippen LogP contribution in [-0.2, 0) is 5.41 Å². The lowest BCUT2D eigenvalue weighted by Gasteiger charge is -2.06. The number of thiazole rings is 1. The first-order chi connectivity index (χ1) is 8.25. The van der Waals surface area contributed by atoms with E-state index in [2.05, 4.69) is 32.4 Å². The molecule has 17 heavy (non-hydrogen) atoms. The second-order valence-electron chi connectivity index (χ2n) is 4.46. The molecule has 1 N–H and O–H groups in total. The zero-order chi connectivity index (χ0) is 11.9. The van der Waals surface area contributed by atoms with Gasteiger partial charge in [-0.05, 0) is 18.9 Å². The van der Waals surface area contributed by atoms with Crippen LogP contribution in [0.3, 0.4) is 0 Å². The van der Waals surface area contributed by atoms with Crippen LogP contribution in [0.15, 0.2) is 34.1 Å². The maximum absolute atomic E-state index is 9.40. The van der Waals surface area contributed by atoms with E-state index in [1.54, 1.807) is 11.3 Å². The van der Waals surface area contributed by atoms with Crippen molar-refractivity contribution >= 4 is 27.3 Å². The second kappa shape index (κ2) is 4.19. The summed E-state index contributed by atoms with van der Waals surface area (Å²) in [4.78, 5) is 4.67. The van der Waals surface area contributed by atoms with Gasteiger partial charge in [-0.15, -0.1) is 11.3 Å². The summed E-state index contributed by atoms with van der Waals surface area (Å²) in [6.45, 7) is 0.218. The van der Waals surface area contributed by atoms with Crippen molar-refractivity contribution in [3.8, 4) is 11.3 Å². The Labute approximate surface area is 112 Å². The maximum Gasteiger partial charge on any atom is 0.102 e. The molecule has 1 fully saturated rings. The van der Waals surface area contributed by atoms with Crippen molar-refractivity contribution in [1.29, 1.82) is 0 Å². The quantitative estimate of drug-likeness (QED) is 0.940. The molecule has 1 aliphatic rings. The summed E-state index contributed by atoms with van der Waals surface area (Å²) in [7, 11) is 0. The number of halogens is 1. The normalized spacial score (nSPS) is 17.1. The van der Waals surface area contributed by atoms with Crippen molar-refractivity contribution in [3.05, 3.63) is 39.1 Å². The molecule has 2 nitrogen and oxygen atoms in total. The molecule has 0 saturated heterocycles. The third-order valence-electron chi connectivity index (χ3n) is 3.26. The monoisotopic (exact) mass is 309 g/mol. The fourth-order valence-corrected chi connectivity index (χ4v) is 3.46. The van der Waals surface area contributed by atoms with Crippen LogP contribution in [0.4, 0.5) is 0 Å². The molecule has 3 rings (SSSR count). The third-order valence-corrected chi connectivity index (χ3v) is 5.04. The van der Waals surface area contributed by atoms with E-state index in [9.17, 15) is 5.11 Å². The standard InChI is InChI=1S/C13H12BrNOS/c14-10-4-2-1-3-9(10)11-7-17-12(15-11)13(8-16)5-6-13/h1-4,7,16H,5-6,8H2. The van der Waals surface area contributed by atoms with E-state index in [0.717, 1.165) is 33.6 Å². The number of hydrogen-bond donors (Lipinski definition) is 1. The Morgan fingerprint density at radius 3 is 2.76 bits per heavy atom. The van der Waals surface area contributed by atoms with E-state index < -0.39 is 0 Å². The summed E-state index contributed by atoms with van der Waals surface area (Å²) >= 11 is 5.20. The predicted molar refractivity (Wildman–Crippen MR) is 73.2 cm³/mol. The van der Waals surface area contributed by atoms with Gasteiger partial charge in [-0.1, -0.05) is 34.1 Å². The average molecular weight is 310 g/mol. The van der Waals surface area contributed by atoms with Crippen LogP contribution in [0.5, 0.6) is 0 Å². The lowest BCUT2D eigenvalue weighted by Crippen LogP contribution is -2.11. The molecular weight excluding hydrogens is 298 g/mol. The molecule has 4 heteroatoms. The van der Waals surface area contributed by atoms with Gasteiger partial charge in [0, 0.05) is 20.8 Å². The van der Waals surface area contributed by atoms with Gasteiger partial charge < -0.3 is 5.11 Å². The Hall–Kier alpha value is -0.710. The number of aliphatic hydroxyl groups is 1. The van der Waals surface area contributed by atoms with Crippen LogP contribution < -0.4 is 0 Å². The lowest BCUT2D eigenvalue weighted by atomic mass is 10.1. The van der Waals surface area contributed by atoms with Gasteiger partial charge in [-0.3, -0.25) is 0 Å². The molecule has 0 amide bonds. The summed E-state index contributed by atoms with van der Waals surface area (Å²) in [5, 5.41) is 12.6. The largest absolute Gasteiger partial charge is 0.395 e. The Bertz CT molecular complexity index is 548. The summed E-state index contributed by atoms with van der Waals surface area (Å²) in [5.74, 6) is 0. The van der Waals surface area contributed by atoms with Crippen LogP contribution in [-0.4, -0.2) is 16.7 Å². The van der Waals surface area contributed by atoms with Crippen molar-refractivity contribution in [2.24, 2.45) is 0 Å². The van der Waals surface area contributed by atoms with Gasteiger partial charge in [0.2, 0.25) is 0 Å². The number of aliphatic hydroxyl groups excluding tert-OH is 1. The van der Waals surface area contributed by atoms with E-state index >= 15 is 0 Å². The number of nitrogens with zero attached hydrogens (tertiary/aromatic N) is 1. The van der Waals surface area contributed by atoms with Gasteiger partial charge in [-0.25, -0.2) is 4.98 Å². The molecular formula is C13H12BrNOS. The highest BCUT2D eigenvalue weighted by Crippen LogP contribution is 2.49. The fourth-order valence-electron chi connectivity index (χ4n) is 1.90. The maximum atomic E-state index is 9.40. The minimum absolute atomic E-state index is 0.0236. The molecule has 1 saturated carbocycles. The van der Waals surface area contributed by atoms with Gasteiger partial charge in [-0.2, -0.15) is 0 Å². The Balaban J connectivity index is 1.99. The molecule has 1 aromatic heterocycles. The smallest absolute Gasteiger partial charge is 0.102 e. The minimum Gasteiger partial charge on any atom is -0.395 e. The van der Waals surface area contributed by atoms with Gasteiger partial charge in [0.05, 0.1) is 12.3 Å². The van der Waals surface area contributed by atoms with Crippen LogP contribution >= 0.6 is 27.3 Å². The number of rotatable bonds is 3. The second-order valence-corrected chi connectivity index (χ2v) is 6.17. The van der Waals surface area contributed by atoms with Crippen LogP contribution in [0.1, 0.15) is 17.8 Å². The lowest BCUT2D eigenvalue weighted by molar-refractivity contribution is 0.255. The molecule has 0 radical (unpaired) electrons. The highest BCUT2D eigenvalue weighted by molar-refractivity contribution is 9.10. The summed E-state index contributed by atoms with van der Waals surface area (Å²) in [5.41, 5.74) is 2.09. The number of hydrogen-bond acceptors (Lipinski definition) is 3. The van der Waals surface area contributed by atoms with Gasteiger partial charge in [0.15, 0.2) is 0 Å².